The van der Waals surface area contributed by atoms with Gasteiger partial charge in [0, 0.05) is 6.54 Å². The zero-order valence-electron chi connectivity index (χ0n) is 10.5. The van der Waals surface area contributed by atoms with Crippen LogP contribution in [0.3, 0.4) is 0 Å². The van der Waals surface area contributed by atoms with Crippen molar-refractivity contribution in [2.45, 2.75) is 18.7 Å². The van der Waals surface area contributed by atoms with Crippen molar-refractivity contribution in [2.24, 2.45) is 0 Å². The van der Waals surface area contributed by atoms with E-state index in [4.69, 9.17) is 16.7 Å². The number of rotatable bonds is 5. The molecule has 5 nitrogen and oxygen atoms in total. The summed E-state index contributed by atoms with van der Waals surface area (Å²) >= 11 is 5.73. The van der Waals surface area contributed by atoms with Crippen molar-refractivity contribution in [1.82, 2.24) is 4.72 Å². The van der Waals surface area contributed by atoms with Gasteiger partial charge in [-0.2, -0.15) is 0 Å². The highest BCUT2D eigenvalue weighted by molar-refractivity contribution is 7.89. The first kappa shape index (κ1) is 15.7. The van der Waals surface area contributed by atoms with Gasteiger partial charge in [-0.05, 0) is 32.0 Å². The van der Waals surface area contributed by atoms with Gasteiger partial charge < -0.3 is 5.11 Å². The first-order chi connectivity index (χ1) is 8.74. The quantitative estimate of drug-likeness (QED) is 0.817. The monoisotopic (exact) mass is 303 g/mol. The minimum Gasteiger partial charge on any atom is -0.478 e. The van der Waals surface area contributed by atoms with E-state index in [1.165, 1.54) is 12.1 Å². The minimum absolute atomic E-state index is 0.0651. The van der Waals surface area contributed by atoms with E-state index in [1.54, 1.807) is 6.08 Å². The summed E-state index contributed by atoms with van der Waals surface area (Å²) in [4.78, 5) is 10.7. The molecule has 0 spiro atoms. The maximum absolute atomic E-state index is 11.9. The maximum atomic E-state index is 11.9. The topological polar surface area (TPSA) is 83.5 Å². The van der Waals surface area contributed by atoms with Crippen LogP contribution in [0.2, 0.25) is 5.02 Å². The fourth-order valence-electron chi connectivity index (χ4n) is 1.28. The van der Waals surface area contributed by atoms with E-state index >= 15 is 0 Å². The molecule has 0 atom stereocenters. The molecular formula is C12H14ClNO4S. The molecule has 0 heterocycles. The van der Waals surface area contributed by atoms with Crippen molar-refractivity contribution in [1.29, 1.82) is 0 Å². The number of hydrogen-bond acceptors (Lipinski definition) is 3. The highest BCUT2D eigenvalue weighted by Gasteiger charge is 2.16. The number of carboxylic acids is 1. The van der Waals surface area contributed by atoms with Crippen LogP contribution in [0.5, 0.6) is 0 Å². The van der Waals surface area contributed by atoms with E-state index in [0.717, 1.165) is 11.6 Å². The zero-order valence-corrected chi connectivity index (χ0v) is 12.0. The van der Waals surface area contributed by atoms with Crippen molar-refractivity contribution < 1.29 is 18.3 Å². The predicted octanol–water partition coefficient (Wildman–Crippen LogP) is 2.28. The Labute approximate surface area is 117 Å². The summed E-state index contributed by atoms with van der Waals surface area (Å²) in [6, 6.07) is 3.50. The van der Waals surface area contributed by atoms with E-state index in [-0.39, 0.29) is 22.0 Å². The fourth-order valence-corrected chi connectivity index (χ4v) is 2.59. The van der Waals surface area contributed by atoms with Gasteiger partial charge in [-0.15, -0.1) is 0 Å². The first-order valence-electron chi connectivity index (χ1n) is 5.40. The molecule has 0 unspecified atom stereocenters. The lowest BCUT2D eigenvalue weighted by molar-refractivity contribution is 0.0697. The molecule has 0 aromatic heterocycles. The van der Waals surface area contributed by atoms with Crippen LogP contribution in [0.25, 0.3) is 0 Å². The number of sulfonamides is 1. The number of nitrogens with one attached hydrogen (secondary N) is 1. The molecule has 0 saturated heterocycles. The second-order valence-corrected chi connectivity index (χ2v) is 6.25. The summed E-state index contributed by atoms with van der Waals surface area (Å²) in [5, 5.41) is 8.69. The molecule has 0 radical (unpaired) electrons. The second kappa shape index (κ2) is 6.18. The van der Waals surface area contributed by atoms with Gasteiger partial charge in [0.15, 0.2) is 0 Å². The first-order valence-corrected chi connectivity index (χ1v) is 7.26. The summed E-state index contributed by atoms with van der Waals surface area (Å²) < 4.78 is 26.2. The van der Waals surface area contributed by atoms with E-state index < -0.39 is 16.0 Å². The van der Waals surface area contributed by atoms with Crippen molar-refractivity contribution in [3.63, 3.8) is 0 Å². The lowest BCUT2D eigenvalue weighted by Crippen LogP contribution is -2.24. The molecule has 0 saturated carbocycles. The van der Waals surface area contributed by atoms with Gasteiger partial charge in [0.2, 0.25) is 10.0 Å². The lowest BCUT2D eigenvalue weighted by Gasteiger charge is -2.06. The van der Waals surface area contributed by atoms with Gasteiger partial charge in [0.05, 0.1) is 15.5 Å². The Kier molecular flexibility index (Phi) is 5.11. The van der Waals surface area contributed by atoms with Crippen LogP contribution in [0, 0.1) is 0 Å². The summed E-state index contributed by atoms with van der Waals surface area (Å²) in [5.41, 5.74) is 0.854. The maximum Gasteiger partial charge on any atom is 0.337 e. The number of carbonyl (C=O) groups is 1. The summed E-state index contributed by atoms with van der Waals surface area (Å²) in [5.74, 6) is -1.20. The van der Waals surface area contributed by atoms with Gasteiger partial charge in [0.25, 0.3) is 0 Å². The van der Waals surface area contributed by atoms with Gasteiger partial charge in [-0.25, -0.2) is 17.9 Å². The molecule has 0 aliphatic heterocycles. The zero-order chi connectivity index (χ0) is 14.6. The highest BCUT2D eigenvalue weighted by Crippen LogP contribution is 2.20. The SMILES string of the molecule is CC(C)=CCNS(=O)(=O)c1ccc(C(=O)O)c(Cl)c1. The molecule has 0 fully saturated rings. The minimum atomic E-state index is -3.69. The van der Waals surface area contributed by atoms with Crippen molar-refractivity contribution >= 4 is 27.6 Å². The number of benzene rings is 1. The Morgan fingerprint density at radius 3 is 2.53 bits per heavy atom. The second-order valence-electron chi connectivity index (χ2n) is 4.08. The summed E-state index contributed by atoms with van der Waals surface area (Å²) in [6.07, 6.45) is 1.73. The van der Waals surface area contributed by atoms with Gasteiger partial charge in [-0.1, -0.05) is 23.3 Å². The molecule has 104 valence electrons. The molecule has 2 N–H and O–H groups in total. The fraction of sp³-hybridized carbons (Fsp3) is 0.250. The Morgan fingerprint density at radius 1 is 1.42 bits per heavy atom. The van der Waals surface area contributed by atoms with E-state index in [1.807, 2.05) is 13.8 Å². The number of allylic oxidation sites excluding steroid dienone is 1. The highest BCUT2D eigenvalue weighted by atomic mass is 35.5. The predicted molar refractivity (Wildman–Crippen MR) is 73.0 cm³/mol. The molecular weight excluding hydrogens is 290 g/mol. The van der Waals surface area contributed by atoms with Gasteiger partial charge >= 0.3 is 5.97 Å². The Bertz CT molecular complexity index is 619. The smallest absolute Gasteiger partial charge is 0.337 e. The molecule has 7 heteroatoms. The van der Waals surface area contributed by atoms with E-state index in [9.17, 15) is 13.2 Å². The molecule has 0 aliphatic carbocycles. The molecule has 1 aromatic rings. The third-order valence-corrected chi connectivity index (χ3v) is 4.00. The van der Waals surface area contributed by atoms with E-state index in [0.29, 0.717) is 0 Å². The molecule has 19 heavy (non-hydrogen) atoms. The van der Waals surface area contributed by atoms with Gasteiger partial charge in [-0.3, -0.25) is 0 Å². The Hall–Kier alpha value is -1.37. The third-order valence-electron chi connectivity index (χ3n) is 2.26. The van der Waals surface area contributed by atoms with Crippen LogP contribution < -0.4 is 4.72 Å². The molecule has 0 bridgehead atoms. The van der Waals surface area contributed by atoms with E-state index in [2.05, 4.69) is 4.72 Å². The van der Waals surface area contributed by atoms with Crippen molar-refractivity contribution in [2.75, 3.05) is 6.54 Å². The van der Waals surface area contributed by atoms with Crippen molar-refractivity contribution in [3.8, 4) is 0 Å². The standard InChI is InChI=1S/C12H14ClNO4S/c1-8(2)5-6-14-19(17,18)9-3-4-10(12(15)16)11(13)7-9/h3-5,7,14H,6H2,1-2H3,(H,15,16). The average Bonchev–Trinajstić information content (AvgIpc) is 2.27. The molecule has 0 amide bonds. The largest absolute Gasteiger partial charge is 0.478 e. The van der Waals surface area contributed by atoms with Crippen LogP contribution in [0.15, 0.2) is 34.7 Å². The van der Waals surface area contributed by atoms with Crippen LogP contribution in [0.4, 0.5) is 0 Å². The third kappa shape index (κ3) is 4.34. The molecule has 0 aliphatic rings. The van der Waals surface area contributed by atoms with Gasteiger partial charge in [0.1, 0.15) is 0 Å². The average molecular weight is 304 g/mol. The lowest BCUT2D eigenvalue weighted by atomic mass is 10.2. The molecule has 1 aromatic carbocycles. The molecule has 1 rings (SSSR count). The van der Waals surface area contributed by atoms with Crippen LogP contribution in [0.1, 0.15) is 24.2 Å². The van der Waals surface area contributed by atoms with Crippen LogP contribution in [-0.4, -0.2) is 26.0 Å². The van der Waals surface area contributed by atoms with Crippen molar-refractivity contribution in [3.05, 3.63) is 40.4 Å². The summed E-state index contributed by atoms with van der Waals surface area (Å²) in [7, 11) is -3.69. The van der Waals surface area contributed by atoms with Crippen LogP contribution >= 0.6 is 11.6 Å². The normalized spacial score (nSPS) is 11.1. The Morgan fingerprint density at radius 2 is 2.05 bits per heavy atom. The summed E-state index contributed by atoms with van der Waals surface area (Å²) in [6.45, 7) is 3.88. The number of hydrogen-bond donors (Lipinski definition) is 2. The number of aromatic carboxylic acids is 1. The Balaban J connectivity index is 3.00. The number of halogens is 1. The van der Waals surface area contributed by atoms with Crippen LogP contribution in [-0.2, 0) is 10.0 Å². The number of carboxylic acid groups (broad SMARTS) is 1.